The van der Waals surface area contributed by atoms with Gasteiger partial charge in [-0.2, -0.15) is 18.3 Å². The molecule has 0 aliphatic carbocycles. The van der Waals surface area contributed by atoms with Crippen LogP contribution in [0.5, 0.6) is 0 Å². The number of hydrogen-bond acceptors (Lipinski definition) is 4. The van der Waals surface area contributed by atoms with Crippen LogP contribution >= 0.6 is 0 Å². The summed E-state index contributed by atoms with van der Waals surface area (Å²) in [6, 6.07) is 29.9. The molecule has 0 unspecified atom stereocenters. The van der Waals surface area contributed by atoms with E-state index >= 15 is 0 Å². The number of quaternary nitrogens is 1. The molecule has 0 atom stereocenters. The molecule has 0 aliphatic heterocycles. The molecule has 0 fully saturated rings. The Labute approximate surface area is 212 Å². The van der Waals surface area contributed by atoms with Crippen molar-refractivity contribution in [3.63, 3.8) is 0 Å². The van der Waals surface area contributed by atoms with Crippen molar-refractivity contribution >= 4 is 38.3 Å². The molecule has 192 valence electrons. The molecule has 0 N–H and O–H groups in total. The third-order valence-electron chi connectivity index (χ3n) is 5.74. The topological polar surface area (TPSA) is 74.5 Å². The van der Waals surface area contributed by atoms with Gasteiger partial charge in [0, 0.05) is 16.2 Å². The molecule has 2 heterocycles. The smallest absolute Gasteiger partial charge is 0.485 e. The minimum atomic E-state index is -6.09. The van der Waals surface area contributed by atoms with E-state index in [0.717, 1.165) is 26.8 Å². The minimum Gasteiger partial charge on any atom is -0.741 e. The van der Waals surface area contributed by atoms with Gasteiger partial charge < -0.3 is 4.55 Å². The Kier molecular flexibility index (Phi) is 6.85. The van der Waals surface area contributed by atoms with Crippen LogP contribution in [0.15, 0.2) is 84.9 Å². The van der Waals surface area contributed by atoms with Gasteiger partial charge in [0.05, 0.1) is 37.9 Å². The minimum absolute atomic E-state index is 0.812. The number of aromatic nitrogens is 2. The normalized spacial score (nSPS) is 13.1. The van der Waals surface area contributed by atoms with Crippen molar-refractivity contribution in [3.05, 3.63) is 95.7 Å². The summed E-state index contributed by atoms with van der Waals surface area (Å²) in [7, 11) is 0.464. The number of hydrogen-bond donors (Lipinski definition) is 0. The Morgan fingerprint density at radius 2 is 1.43 bits per heavy atom. The van der Waals surface area contributed by atoms with Crippen molar-refractivity contribution in [1.82, 2.24) is 14.1 Å². The summed E-state index contributed by atoms with van der Waals surface area (Å²) in [6.07, 6.45) is 2.27. The zero-order valence-electron chi connectivity index (χ0n) is 20.3. The number of halogens is 3. The van der Waals surface area contributed by atoms with Crippen LogP contribution in [0.2, 0.25) is 0 Å². The van der Waals surface area contributed by atoms with Crippen LogP contribution in [0.4, 0.5) is 18.9 Å². The van der Waals surface area contributed by atoms with Crippen molar-refractivity contribution < 1.29 is 26.1 Å². The maximum absolute atomic E-state index is 10.7. The van der Waals surface area contributed by atoms with Crippen LogP contribution < -0.4 is 9.70 Å². The second kappa shape index (κ2) is 9.62. The third kappa shape index (κ3) is 5.66. The van der Waals surface area contributed by atoms with E-state index in [1.165, 1.54) is 21.9 Å². The summed E-state index contributed by atoms with van der Waals surface area (Å²) in [5, 5.41) is 7.36. The van der Waals surface area contributed by atoms with Crippen LogP contribution in [-0.2, 0) is 10.1 Å². The summed E-state index contributed by atoms with van der Waals surface area (Å²) < 4.78 is 61.8. The van der Waals surface area contributed by atoms with E-state index in [2.05, 4.69) is 111 Å². The van der Waals surface area contributed by atoms with E-state index in [-0.39, 0.29) is 0 Å². The van der Waals surface area contributed by atoms with Crippen LogP contribution in [-0.4, -0.2) is 49.2 Å². The molecule has 2 aromatic heterocycles. The molecule has 0 saturated heterocycles. The maximum atomic E-state index is 10.7. The first-order valence-corrected chi connectivity index (χ1v) is 12.6. The predicted molar refractivity (Wildman–Crippen MR) is 139 cm³/mol. The predicted octanol–water partition coefficient (Wildman–Crippen LogP) is 4.95. The summed E-state index contributed by atoms with van der Waals surface area (Å²) >= 11 is 0. The fraction of sp³-hybridized carbons (Fsp3) is 0.148. The molecule has 0 radical (unpaired) electrons. The van der Waals surface area contributed by atoms with E-state index in [1.807, 2.05) is 6.07 Å². The highest BCUT2D eigenvalue weighted by molar-refractivity contribution is 7.86. The summed E-state index contributed by atoms with van der Waals surface area (Å²) in [5.41, 5.74) is 1.25. The SMILES string of the molecule is C[N+](C)(C)c1ccc(/C=c2/c3ccccc3n3nc(-c4ccccc4)cc23)cc1.O=S(=O)([O-])C(F)(F)F. The summed E-state index contributed by atoms with van der Waals surface area (Å²) in [5.74, 6) is 0. The molecule has 0 aliphatic rings. The Morgan fingerprint density at radius 3 is 2.00 bits per heavy atom. The standard InChI is InChI=1S/C26H24N3.CHF3O3S/c1-29(2,3)21-15-13-19(14-16-21)17-23-22-11-7-8-12-25(22)28-26(23)18-24(27-28)20-9-5-4-6-10-20;2-1(3,4)8(5,6)7/h4-18H,1-3H3;(H,5,6,7)/q+1;/p-1/b23-17-;. The molecule has 5 aromatic rings. The molecule has 5 rings (SSSR count). The van der Waals surface area contributed by atoms with Gasteiger partial charge in [0.1, 0.15) is 5.69 Å². The number of para-hydroxylation sites is 1. The van der Waals surface area contributed by atoms with E-state index in [4.69, 9.17) is 18.1 Å². The first-order chi connectivity index (χ1) is 17.3. The van der Waals surface area contributed by atoms with Crippen LogP contribution in [0, 0.1) is 0 Å². The lowest BCUT2D eigenvalue weighted by Crippen LogP contribution is -2.34. The fourth-order valence-corrected chi connectivity index (χ4v) is 3.87. The van der Waals surface area contributed by atoms with Crippen molar-refractivity contribution in [2.45, 2.75) is 5.51 Å². The average Bonchev–Trinajstić information content (AvgIpc) is 3.38. The monoisotopic (exact) mass is 527 g/mol. The summed E-state index contributed by atoms with van der Waals surface area (Å²) in [4.78, 5) is 0. The maximum Gasteiger partial charge on any atom is 0.485 e. The van der Waals surface area contributed by atoms with Crippen molar-refractivity contribution in [2.24, 2.45) is 0 Å². The number of fused-ring (bicyclic) bond motifs is 3. The Bertz CT molecular complexity index is 1710. The van der Waals surface area contributed by atoms with E-state index in [9.17, 15) is 13.2 Å². The van der Waals surface area contributed by atoms with Gasteiger partial charge in [-0.25, -0.2) is 12.9 Å². The molecule has 0 bridgehead atoms. The van der Waals surface area contributed by atoms with Gasteiger partial charge >= 0.3 is 5.51 Å². The zero-order valence-corrected chi connectivity index (χ0v) is 21.1. The first-order valence-electron chi connectivity index (χ1n) is 11.2. The van der Waals surface area contributed by atoms with E-state index < -0.39 is 15.6 Å². The molecule has 10 heteroatoms. The van der Waals surface area contributed by atoms with Gasteiger partial charge in [-0.05, 0) is 48.0 Å². The molecule has 0 spiro atoms. The average molecular weight is 528 g/mol. The highest BCUT2D eigenvalue weighted by Gasteiger charge is 2.36. The van der Waals surface area contributed by atoms with Crippen molar-refractivity contribution in [3.8, 4) is 11.3 Å². The Hall–Kier alpha value is -3.73. The molecular formula is C27H24F3N3O3S. The molecule has 6 nitrogen and oxygen atoms in total. The quantitative estimate of drug-likeness (QED) is 0.189. The Balaban J connectivity index is 0.000000349. The van der Waals surface area contributed by atoms with Gasteiger partial charge in [-0.3, -0.25) is 4.48 Å². The molecule has 0 saturated carbocycles. The zero-order chi connectivity index (χ0) is 27.0. The lowest BCUT2D eigenvalue weighted by molar-refractivity contribution is -0.0517. The highest BCUT2D eigenvalue weighted by atomic mass is 32.2. The number of benzene rings is 3. The highest BCUT2D eigenvalue weighted by Crippen LogP contribution is 2.23. The number of rotatable bonds is 3. The first kappa shape index (κ1) is 26.3. The van der Waals surface area contributed by atoms with Gasteiger partial charge in [0.15, 0.2) is 10.1 Å². The van der Waals surface area contributed by atoms with Crippen LogP contribution in [0.3, 0.4) is 0 Å². The molecular weight excluding hydrogens is 503 g/mol. The van der Waals surface area contributed by atoms with Gasteiger partial charge in [-0.1, -0.05) is 48.5 Å². The van der Waals surface area contributed by atoms with E-state index in [0.29, 0.717) is 0 Å². The van der Waals surface area contributed by atoms with Gasteiger partial charge in [0.2, 0.25) is 0 Å². The summed E-state index contributed by atoms with van der Waals surface area (Å²) in [6.45, 7) is 0. The Morgan fingerprint density at radius 1 is 0.865 bits per heavy atom. The number of alkyl halides is 3. The fourth-order valence-electron chi connectivity index (χ4n) is 3.87. The van der Waals surface area contributed by atoms with Crippen molar-refractivity contribution in [2.75, 3.05) is 21.1 Å². The number of nitrogens with zero attached hydrogens (tertiary/aromatic N) is 3. The molecule has 3 aromatic carbocycles. The van der Waals surface area contributed by atoms with Crippen LogP contribution in [0.25, 0.3) is 33.8 Å². The second-order valence-corrected chi connectivity index (χ2v) is 10.6. The molecule has 37 heavy (non-hydrogen) atoms. The van der Waals surface area contributed by atoms with Crippen LogP contribution in [0.1, 0.15) is 5.56 Å². The lowest BCUT2D eigenvalue weighted by Gasteiger charge is -2.23. The second-order valence-electron chi connectivity index (χ2n) is 9.27. The van der Waals surface area contributed by atoms with E-state index in [1.54, 1.807) is 0 Å². The molecule has 0 amide bonds. The lowest BCUT2D eigenvalue weighted by atomic mass is 10.1. The van der Waals surface area contributed by atoms with Gasteiger partial charge in [0.25, 0.3) is 0 Å². The van der Waals surface area contributed by atoms with Crippen molar-refractivity contribution in [1.29, 1.82) is 0 Å². The third-order valence-corrected chi connectivity index (χ3v) is 6.31. The largest absolute Gasteiger partial charge is 0.741 e. The van der Waals surface area contributed by atoms with Gasteiger partial charge in [-0.15, -0.1) is 0 Å².